The van der Waals surface area contributed by atoms with E-state index >= 15 is 0 Å². The van der Waals surface area contributed by atoms with Crippen LogP contribution in [-0.2, 0) is 6.54 Å². The third-order valence-electron chi connectivity index (χ3n) is 2.20. The molecule has 0 aliphatic rings. The Kier molecular flexibility index (Phi) is 3.54. The summed E-state index contributed by atoms with van der Waals surface area (Å²) < 4.78 is 0. The molecule has 3 nitrogen and oxygen atoms in total. The average molecular weight is 231 g/mol. The second kappa shape index (κ2) is 5.09. The summed E-state index contributed by atoms with van der Waals surface area (Å²) in [6.07, 6.45) is 5.12. The van der Waals surface area contributed by atoms with Crippen LogP contribution in [0.2, 0.25) is 0 Å². The van der Waals surface area contributed by atoms with Crippen molar-refractivity contribution in [3.05, 3.63) is 47.9 Å². The molecular formula is C12H13N3S. The van der Waals surface area contributed by atoms with Gasteiger partial charge >= 0.3 is 0 Å². The number of aryl methyl sites for hydroxylation is 1. The molecule has 0 unspecified atom stereocenters. The summed E-state index contributed by atoms with van der Waals surface area (Å²) in [5.41, 5.74) is 8.07. The fourth-order valence-corrected chi connectivity index (χ4v) is 2.36. The molecular weight excluding hydrogens is 218 g/mol. The van der Waals surface area contributed by atoms with Crippen molar-refractivity contribution in [2.75, 3.05) is 0 Å². The van der Waals surface area contributed by atoms with Crippen LogP contribution in [0.4, 0.5) is 0 Å². The SMILES string of the molecule is Cc1ccc(CN)c(Sc2cnccn2)c1. The van der Waals surface area contributed by atoms with Crippen LogP contribution in [0.25, 0.3) is 0 Å². The molecule has 0 spiro atoms. The van der Waals surface area contributed by atoms with Crippen LogP contribution in [0.15, 0.2) is 46.7 Å². The van der Waals surface area contributed by atoms with E-state index in [0.717, 1.165) is 15.5 Å². The zero-order valence-corrected chi connectivity index (χ0v) is 9.87. The minimum atomic E-state index is 0.545. The number of nitrogens with zero attached hydrogens (tertiary/aromatic N) is 2. The highest BCUT2D eigenvalue weighted by Crippen LogP contribution is 2.29. The Morgan fingerprint density at radius 1 is 1.31 bits per heavy atom. The van der Waals surface area contributed by atoms with Crippen LogP contribution < -0.4 is 5.73 Å². The van der Waals surface area contributed by atoms with E-state index in [2.05, 4.69) is 35.1 Å². The molecule has 0 fully saturated rings. The number of hydrogen-bond acceptors (Lipinski definition) is 4. The predicted octanol–water partition coefficient (Wildman–Crippen LogP) is 2.39. The smallest absolute Gasteiger partial charge is 0.119 e. The van der Waals surface area contributed by atoms with Gasteiger partial charge in [-0.15, -0.1) is 0 Å². The Labute approximate surface area is 99.1 Å². The Morgan fingerprint density at radius 3 is 2.88 bits per heavy atom. The quantitative estimate of drug-likeness (QED) is 0.881. The van der Waals surface area contributed by atoms with E-state index in [1.54, 1.807) is 30.4 Å². The minimum Gasteiger partial charge on any atom is -0.326 e. The summed E-state index contributed by atoms with van der Waals surface area (Å²) in [6, 6.07) is 6.26. The van der Waals surface area contributed by atoms with Gasteiger partial charge in [0.2, 0.25) is 0 Å². The molecule has 0 bridgehead atoms. The Balaban J connectivity index is 2.30. The maximum atomic E-state index is 5.70. The molecule has 2 aromatic rings. The molecule has 2 rings (SSSR count). The van der Waals surface area contributed by atoms with Crippen LogP contribution in [0.3, 0.4) is 0 Å². The van der Waals surface area contributed by atoms with Crippen LogP contribution in [0, 0.1) is 6.92 Å². The molecule has 1 aromatic carbocycles. The van der Waals surface area contributed by atoms with E-state index in [1.807, 2.05) is 0 Å². The summed E-state index contributed by atoms with van der Waals surface area (Å²) in [6.45, 7) is 2.61. The Morgan fingerprint density at radius 2 is 2.19 bits per heavy atom. The Bertz CT molecular complexity index is 471. The van der Waals surface area contributed by atoms with Crippen molar-refractivity contribution in [2.45, 2.75) is 23.4 Å². The van der Waals surface area contributed by atoms with Crippen molar-refractivity contribution < 1.29 is 0 Å². The summed E-state index contributed by atoms with van der Waals surface area (Å²) >= 11 is 1.60. The average Bonchev–Trinajstić information content (AvgIpc) is 2.31. The van der Waals surface area contributed by atoms with Gasteiger partial charge in [0.15, 0.2) is 0 Å². The van der Waals surface area contributed by atoms with Gasteiger partial charge < -0.3 is 5.73 Å². The molecule has 82 valence electrons. The number of nitrogens with two attached hydrogens (primary N) is 1. The molecule has 1 aromatic heterocycles. The molecule has 0 saturated carbocycles. The zero-order valence-electron chi connectivity index (χ0n) is 9.05. The van der Waals surface area contributed by atoms with E-state index in [9.17, 15) is 0 Å². The van der Waals surface area contributed by atoms with E-state index in [0.29, 0.717) is 6.54 Å². The third-order valence-corrected chi connectivity index (χ3v) is 3.22. The fourth-order valence-electron chi connectivity index (χ4n) is 1.38. The van der Waals surface area contributed by atoms with Gasteiger partial charge in [0.1, 0.15) is 5.03 Å². The van der Waals surface area contributed by atoms with Gasteiger partial charge in [-0.05, 0) is 24.1 Å². The van der Waals surface area contributed by atoms with Gasteiger partial charge in [-0.1, -0.05) is 23.9 Å². The van der Waals surface area contributed by atoms with Gasteiger partial charge in [0.25, 0.3) is 0 Å². The monoisotopic (exact) mass is 231 g/mol. The van der Waals surface area contributed by atoms with Crippen molar-refractivity contribution >= 4 is 11.8 Å². The lowest BCUT2D eigenvalue weighted by atomic mass is 10.1. The number of rotatable bonds is 3. The molecule has 4 heteroatoms. The lowest BCUT2D eigenvalue weighted by Crippen LogP contribution is -1.98. The first kappa shape index (κ1) is 11.1. The zero-order chi connectivity index (χ0) is 11.4. The largest absolute Gasteiger partial charge is 0.326 e. The molecule has 0 saturated heterocycles. The minimum absolute atomic E-state index is 0.545. The van der Waals surface area contributed by atoms with Gasteiger partial charge in [-0.2, -0.15) is 0 Å². The van der Waals surface area contributed by atoms with Crippen LogP contribution in [0.5, 0.6) is 0 Å². The molecule has 0 aliphatic heterocycles. The van der Waals surface area contributed by atoms with Crippen molar-refractivity contribution in [1.29, 1.82) is 0 Å². The summed E-state index contributed by atoms with van der Waals surface area (Å²) in [5.74, 6) is 0. The summed E-state index contributed by atoms with van der Waals surface area (Å²) in [5, 5.41) is 0.891. The molecule has 0 atom stereocenters. The van der Waals surface area contributed by atoms with E-state index in [1.165, 1.54) is 5.56 Å². The van der Waals surface area contributed by atoms with Gasteiger partial charge in [0, 0.05) is 23.8 Å². The molecule has 1 heterocycles. The molecule has 0 amide bonds. The molecule has 0 aliphatic carbocycles. The van der Waals surface area contributed by atoms with Gasteiger partial charge in [-0.25, -0.2) is 4.98 Å². The highest BCUT2D eigenvalue weighted by molar-refractivity contribution is 7.99. The fraction of sp³-hybridized carbons (Fsp3) is 0.167. The van der Waals surface area contributed by atoms with Gasteiger partial charge in [0.05, 0.1) is 6.20 Å². The maximum absolute atomic E-state index is 5.70. The van der Waals surface area contributed by atoms with Crippen molar-refractivity contribution in [2.24, 2.45) is 5.73 Å². The third kappa shape index (κ3) is 2.59. The lowest BCUT2D eigenvalue weighted by molar-refractivity contribution is 1.01. The predicted molar refractivity (Wildman–Crippen MR) is 65.2 cm³/mol. The topological polar surface area (TPSA) is 51.8 Å². The first-order chi connectivity index (χ1) is 7.79. The normalized spacial score (nSPS) is 10.4. The second-order valence-corrected chi connectivity index (χ2v) is 4.52. The van der Waals surface area contributed by atoms with E-state index < -0.39 is 0 Å². The number of benzene rings is 1. The Hall–Kier alpha value is -1.39. The van der Waals surface area contributed by atoms with Crippen LogP contribution >= 0.6 is 11.8 Å². The van der Waals surface area contributed by atoms with Crippen LogP contribution in [-0.4, -0.2) is 9.97 Å². The maximum Gasteiger partial charge on any atom is 0.119 e. The van der Waals surface area contributed by atoms with Gasteiger partial charge in [-0.3, -0.25) is 4.98 Å². The molecule has 2 N–H and O–H groups in total. The van der Waals surface area contributed by atoms with Crippen molar-refractivity contribution in [3.63, 3.8) is 0 Å². The standard InChI is InChI=1S/C12H13N3S/c1-9-2-3-10(7-13)11(6-9)16-12-8-14-4-5-15-12/h2-6,8H,7,13H2,1H3. The second-order valence-electron chi connectivity index (χ2n) is 3.46. The number of hydrogen-bond donors (Lipinski definition) is 1. The van der Waals surface area contributed by atoms with E-state index in [4.69, 9.17) is 5.73 Å². The van der Waals surface area contributed by atoms with Crippen molar-refractivity contribution in [3.8, 4) is 0 Å². The highest BCUT2D eigenvalue weighted by Gasteiger charge is 2.04. The summed E-state index contributed by atoms with van der Waals surface area (Å²) in [7, 11) is 0. The highest BCUT2D eigenvalue weighted by atomic mass is 32.2. The van der Waals surface area contributed by atoms with Crippen molar-refractivity contribution in [1.82, 2.24) is 9.97 Å². The number of aromatic nitrogens is 2. The lowest BCUT2D eigenvalue weighted by Gasteiger charge is -2.07. The van der Waals surface area contributed by atoms with E-state index in [-0.39, 0.29) is 0 Å². The summed E-state index contributed by atoms with van der Waals surface area (Å²) in [4.78, 5) is 9.44. The molecule has 16 heavy (non-hydrogen) atoms. The first-order valence-corrected chi connectivity index (χ1v) is 5.84. The molecule has 0 radical (unpaired) electrons. The van der Waals surface area contributed by atoms with Crippen LogP contribution in [0.1, 0.15) is 11.1 Å². The first-order valence-electron chi connectivity index (χ1n) is 5.03.